The Labute approximate surface area is 179 Å². The average molecular weight is 413 g/mol. The number of nitrogens with one attached hydrogen (secondary N) is 1. The fourth-order valence-electron chi connectivity index (χ4n) is 3.00. The summed E-state index contributed by atoms with van der Waals surface area (Å²) in [5, 5.41) is 2.81. The molecule has 1 aromatic heterocycles. The molecule has 0 aliphatic rings. The van der Waals surface area contributed by atoms with Crippen molar-refractivity contribution in [1.29, 1.82) is 0 Å². The highest BCUT2D eigenvalue weighted by atomic mass is 19.1. The third-order valence-corrected chi connectivity index (χ3v) is 4.61. The second-order valence-corrected chi connectivity index (χ2v) is 7.02. The summed E-state index contributed by atoms with van der Waals surface area (Å²) in [5.41, 5.74) is 3.36. The van der Waals surface area contributed by atoms with Gasteiger partial charge in [0.15, 0.2) is 5.82 Å². The molecule has 0 saturated heterocycles. The van der Waals surface area contributed by atoms with Gasteiger partial charge in [0.2, 0.25) is 5.88 Å². The number of hydrogen-bond donors (Lipinski definition) is 1. The number of aromatic nitrogens is 2. The molecule has 6 heteroatoms. The lowest BCUT2D eigenvalue weighted by atomic mass is 10.1. The number of rotatable bonds is 6. The van der Waals surface area contributed by atoms with Gasteiger partial charge in [-0.25, -0.2) is 9.37 Å². The Hall–Kier alpha value is -4.06. The summed E-state index contributed by atoms with van der Waals surface area (Å²) in [6.07, 6.45) is 1.65. The van der Waals surface area contributed by atoms with E-state index in [9.17, 15) is 9.18 Å². The number of ether oxygens (including phenoxy) is 1. The maximum Gasteiger partial charge on any atom is 0.251 e. The lowest BCUT2D eigenvalue weighted by Crippen LogP contribution is -2.22. The number of carbonyl (C=O) groups excluding carboxylic acids is 1. The molecule has 0 fully saturated rings. The fraction of sp³-hybridized carbons (Fsp3) is 0.0800. The number of benzene rings is 3. The molecule has 0 aliphatic carbocycles. The zero-order valence-electron chi connectivity index (χ0n) is 16.9. The van der Waals surface area contributed by atoms with Crippen molar-refractivity contribution in [3.05, 3.63) is 108 Å². The molecule has 5 nitrogen and oxygen atoms in total. The molecule has 0 radical (unpaired) electrons. The van der Waals surface area contributed by atoms with Gasteiger partial charge in [0.1, 0.15) is 11.6 Å². The van der Waals surface area contributed by atoms with Crippen LogP contribution in [0.15, 0.2) is 85.1 Å². The van der Waals surface area contributed by atoms with E-state index in [4.69, 9.17) is 4.74 Å². The van der Waals surface area contributed by atoms with Gasteiger partial charge in [-0.15, -0.1) is 0 Å². The molecule has 1 heterocycles. The Morgan fingerprint density at radius 1 is 1.00 bits per heavy atom. The van der Waals surface area contributed by atoms with Crippen LogP contribution in [0.4, 0.5) is 4.39 Å². The van der Waals surface area contributed by atoms with E-state index in [0.29, 0.717) is 29.6 Å². The van der Waals surface area contributed by atoms with E-state index in [1.54, 1.807) is 48.7 Å². The Bertz CT molecular complexity index is 1190. The second kappa shape index (κ2) is 9.17. The summed E-state index contributed by atoms with van der Waals surface area (Å²) in [4.78, 5) is 21.1. The third-order valence-electron chi connectivity index (χ3n) is 4.61. The Balaban J connectivity index is 1.40. The first-order chi connectivity index (χ1) is 15.1. The molecule has 0 saturated carbocycles. The highest BCUT2D eigenvalue weighted by Crippen LogP contribution is 2.23. The largest absolute Gasteiger partial charge is 0.439 e. The van der Waals surface area contributed by atoms with Crippen LogP contribution in [0.1, 0.15) is 21.5 Å². The molecule has 0 atom stereocenters. The van der Waals surface area contributed by atoms with E-state index >= 15 is 0 Å². The lowest BCUT2D eigenvalue weighted by molar-refractivity contribution is 0.0951. The van der Waals surface area contributed by atoms with Crippen LogP contribution in [0.2, 0.25) is 0 Å². The molecule has 4 aromatic rings. The molecule has 3 aromatic carbocycles. The quantitative estimate of drug-likeness (QED) is 0.465. The highest BCUT2D eigenvalue weighted by Gasteiger charge is 2.08. The topological polar surface area (TPSA) is 64.1 Å². The van der Waals surface area contributed by atoms with Crippen molar-refractivity contribution in [1.82, 2.24) is 15.3 Å². The van der Waals surface area contributed by atoms with Gasteiger partial charge in [-0.2, -0.15) is 4.98 Å². The van der Waals surface area contributed by atoms with E-state index < -0.39 is 0 Å². The SMILES string of the molecule is Cc1cccc(-c2nccc(Oc3ccc(C(=O)NCc4ccc(F)cc4)cc3)n2)c1. The number of halogens is 1. The van der Waals surface area contributed by atoms with Crippen molar-refractivity contribution in [2.45, 2.75) is 13.5 Å². The van der Waals surface area contributed by atoms with Gasteiger partial charge >= 0.3 is 0 Å². The van der Waals surface area contributed by atoms with Crippen LogP contribution in [0.3, 0.4) is 0 Å². The molecular weight excluding hydrogens is 393 g/mol. The van der Waals surface area contributed by atoms with Crippen molar-refractivity contribution in [2.75, 3.05) is 0 Å². The maximum atomic E-state index is 13.0. The lowest BCUT2D eigenvalue weighted by Gasteiger charge is -2.08. The summed E-state index contributed by atoms with van der Waals surface area (Å²) in [7, 11) is 0. The molecule has 1 N–H and O–H groups in total. The molecule has 154 valence electrons. The smallest absolute Gasteiger partial charge is 0.251 e. The van der Waals surface area contributed by atoms with Crippen molar-refractivity contribution in [3.63, 3.8) is 0 Å². The minimum absolute atomic E-state index is 0.223. The molecule has 31 heavy (non-hydrogen) atoms. The minimum Gasteiger partial charge on any atom is -0.439 e. The zero-order valence-corrected chi connectivity index (χ0v) is 16.9. The van der Waals surface area contributed by atoms with Crippen molar-refractivity contribution in [3.8, 4) is 23.0 Å². The summed E-state index contributed by atoms with van der Waals surface area (Å²) in [6.45, 7) is 2.33. The number of nitrogens with zero attached hydrogens (tertiary/aromatic N) is 2. The van der Waals surface area contributed by atoms with E-state index in [1.807, 2.05) is 31.2 Å². The summed E-state index contributed by atoms with van der Waals surface area (Å²) in [6, 6.07) is 22.4. The normalized spacial score (nSPS) is 10.5. The van der Waals surface area contributed by atoms with Gasteiger partial charge < -0.3 is 10.1 Å². The van der Waals surface area contributed by atoms with Crippen molar-refractivity contribution >= 4 is 5.91 Å². The first-order valence-electron chi connectivity index (χ1n) is 9.77. The van der Waals surface area contributed by atoms with Gasteiger partial charge in [0.25, 0.3) is 5.91 Å². The molecule has 4 rings (SSSR count). The predicted molar refractivity (Wildman–Crippen MR) is 116 cm³/mol. The first-order valence-corrected chi connectivity index (χ1v) is 9.77. The van der Waals surface area contributed by atoms with Crippen LogP contribution < -0.4 is 10.1 Å². The average Bonchev–Trinajstić information content (AvgIpc) is 2.79. The van der Waals surface area contributed by atoms with E-state index in [0.717, 1.165) is 16.7 Å². The first kappa shape index (κ1) is 20.2. The van der Waals surface area contributed by atoms with Crippen molar-refractivity contribution < 1.29 is 13.9 Å². The molecule has 0 spiro atoms. The summed E-state index contributed by atoms with van der Waals surface area (Å²) < 4.78 is 18.8. The Morgan fingerprint density at radius 2 is 1.77 bits per heavy atom. The minimum atomic E-state index is -0.305. The molecule has 1 amide bonds. The van der Waals surface area contributed by atoms with Crippen LogP contribution in [-0.2, 0) is 6.54 Å². The van der Waals surface area contributed by atoms with Crippen LogP contribution in [0, 0.1) is 12.7 Å². The number of hydrogen-bond acceptors (Lipinski definition) is 4. The molecule has 0 bridgehead atoms. The van der Waals surface area contributed by atoms with Gasteiger partial charge in [0, 0.05) is 29.9 Å². The van der Waals surface area contributed by atoms with Crippen molar-refractivity contribution in [2.24, 2.45) is 0 Å². The number of carbonyl (C=O) groups is 1. The number of aryl methyl sites for hydroxylation is 1. The summed E-state index contributed by atoms with van der Waals surface area (Å²) >= 11 is 0. The molecule has 0 aliphatic heterocycles. The van der Waals surface area contributed by atoms with Gasteiger partial charge in [-0.05, 0) is 55.0 Å². The highest BCUT2D eigenvalue weighted by molar-refractivity contribution is 5.94. The monoisotopic (exact) mass is 413 g/mol. The maximum absolute atomic E-state index is 13.0. The standard InChI is InChI=1S/C25H20FN3O2/c1-17-3-2-4-20(15-17)24-27-14-13-23(29-24)31-22-11-7-19(8-12-22)25(30)28-16-18-5-9-21(26)10-6-18/h2-15H,16H2,1H3,(H,28,30). The fourth-order valence-corrected chi connectivity index (χ4v) is 3.00. The molecular formula is C25H20FN3O2. The summed E-state index contributed by atoms with van der Waals surface area (Å²) in [5.74, 6) is 1.03. The van der Waals surface area contributed by atoms with E-state index in [1.165, 1.54) is 12.1 Å². The van der Waals surface area contributed by atoms with Gasteiger partial charge in [-0.3, -0.25) is 4.79 Å². The Kier molecular flexibility index (Phi) is 5.98. The molecule has 0 unspecified atom stereocenters. The van der Waals surface area contributed by atoms with Crippen LogP contribution in [0.5, 0.6) is 11.6 Å². The Morgan fingerprint density at radius 3 is 2.52 bits per heavy atom. The zero-order chi connectivity index (χ0) is 21.6. The van der Waals surface area contributed by atoms with Gasteiger partial charge in [-0.1, -0.05) is 35.9 Å². The number of amides is 1. The van der Waals surface area contributed by atoms with E-state index in [-0.39, 0.29) is 11.7 Å². The van der Waals surface area contributed by atoms with Crippen LogP contribution in [-0.4, -0.2) is 15.9 Å². The van der Waals surface area contributed by atoms with E-state index in [2.05, 4.69) is 15.3 Å². The second-order valence-electron chi connectivity index (χ2n) is 7.02. The van der Waals surface area contributed by atoms with Gasteiger partial charge in [0.05, 0.1) is 0 Å². The van der Waals surface area contributed by atoms with Crippen LogP contribution >= 0.6 is 0 Å². The predicted octanol–water partition coefficient (Wildman–Crippen LogP) is 5.31. The van der Waals surface area contributed by atoms with Crippen LogP contribution in [0.25, 0.3) is 11.4 Å². The third kappa shape index (κ3) is 5.30.